The standard InChI is InChI=1S/C11H17NO3S/c1-7-9(8(5-13)6-16-7)12-10(14)15-11(2,3)4/h6,13H,5H2,1-4H3,(H,12,14). The molecule has 1 rings (SSSR count). The number of hydrogen-bond acceptors (Lipinski definition) is 4. The molecule has 0 saturated carbocycles. The summed E-state index contributed by atoms with van der Waals surface area (Å²) in [5.41, 5.74) is 0.850. The zero-order valence-electron chi connectivity index (χ0n) is 9.96. The van der Waals surface area contributed by atoms with E-state index in [0.717, 1.165) is 4.88 Å². The van der Waals surface area contributed by atoms with E-state index in [1.54, 1.807) is 20.8 Å². The highest BCUT2D eigenvalue weighted by molar-refractivity contribution is 7.10. The van der Waals surface area contributed by atoms with Crippen LogP contribution in [0.15, 0.2) is 5.38 Å². The highest BCUT2D eigenvalue weighted by Gasteiger charge is 2.18. The second-order valence-corrected chi connectivity index (χ2v) is 5.56. The number of thiophene rings is 1. The zero-order chi connectivity index (χ0) is 12.3. The first-order valence-corrected chi connectivity index (χ1v) is 5.89. The zero-order valence-corrected chi connectivity index (χ0v) is 10.8. The second-order valence-electron chi connectivity index (χ2n) is 4.48. The summed E-state index contributed by atoms with van der Waals surface area (Å²) in [6, 6.07) is 0. The van der Waals surface area contributed by atoms with Gasteiger partial charge in [0.2, 0.25) is 0 Å². The van der Waals surface area contributed by atoms with Gasteiger partial charge in [-0.15, -0.1) is 11.3 Å². The van der Waals surface area contributed by atoms with E-state index in [0.29, 0.717) is 11.3 Å². The molecule has 16 heavy (non-hydrogen) atoms. The molecule has 0 bridgehead atoms. The summed E-state index contributed by atoms with van der Waals surface area (Å²) in [6.07, 6.45) is -0.497. The lowest BCUT2D eigenvalue weighted by molar-refractivity contribution is 0.0635. The molecule has 0 aromatic carbocycles. The van der Waals surface area contributed by atoms with Crippen LogP contribution < -0.4 is 5.32 Å². The number of anilines is 1. The van der Waals surface area contributed by atoms with Gasteiger partial charge in [-0.1, -0.05) is 0 Å². The fraction of sp³-hybridized carbons (Fsp3) is 0.545. The number of carbonyl (C=O) groups excluding carboxylic acids is 1. The number of ether oxygens (including phenoxy) is 1. The topological polar surface area (TPSA) is 58.6 Å². The smallest absolute Gasteiger partial charge is 0.412 e. The Morgan fingerprint density at radius 2 is 2.19 bits per heavy atom. The summed E-state index contributed by atoms with van der Waals surface area (Å²) in [5, 5.41) is 13.6. The van der Waals surface area contributed by atoms with Crippen LogP contribution in [0.2, 0.25) is 0 Å². The summed E-state index contributed by atoms with van der Waals surface area (Å²) in [7, 11) is 0. The van der Waals surface area contributed by atoms with Gasteiger partial charge in [-0.25, -0.2) is 4.79 Å². The summed E-state index contributed by atoms with van der Waals surface area (Å²) in [6.45, 7) is 7.21. The second kappa shape index (κ2) is 4.84. The highest BCUT2D eigenvalue weighted by atomic mass is 32.1. The summed E-state index contributed by atoms with van der Waals surface area (Å²) in [4.78, 5) is 12.5. The number of amides is 1. The molecule has 0 aliphatic heterocycles. The Bertz CT molecular complexity index is 379. The molecule has 0 aliphatic rings. The first kappa shape index (κ1) is 13.0. The van der Waals surface area contributed by atoms with Gasteiger partial charge in [0, 0.05) is 10.4 Å². The molecule has 0 fully saturated rings. The van der Waals surface area contributed by atoms with Crippen molar-refractivity contribution in [2.75, 3.05) is 5.32 Å². The van der Waals surface area contributed by atoms with Crippen LogP contribution in [0.1, 0.15) is 31.2 Å². The summed E-state index contributed by atoms with van der Waals surface area (Å²) >= 11 is 1.49. The van der Waals surface area contributed by atoms with Crippen molar-refractivity contribution in [3.8, 4) is 0 Å². The Balaban J connectivity index is 2.73. The van der Waals surface area contributed by atoms with Crippen molar-refractivity contribution in [3.63, 3.8) is 0 Å². The Morgan fingerprint density at radius 3 is 2.69 bits per heavy atom. The van der Waals surface area contributed by atoms with Crippen LogP contribution >= 0.6 is 11.3 Å². The lowest BCUT2D eigenvalue weighted by atomic mass is 10.2. The predicted molar refractivity (Wildman–Crippen MR) is 64.8 cm³/mol. The van der Waals surface area contributed by atoms with Crippen LogP contribution in [0.3, 0.4) is 0 Å². The minimum atomic E-state index is -0.520. The van der Waals surface area contributed by atoms with Gasteiger partial charge in [-0.3, -0.25) is 5.32 Å². The average molecular weight is 243 g/mol. The molecule has 0 radical (unpaired) electrons. The minimum absolute atomic E-state index is 0.0878. The van der Waals surface area contributed by atoms with Crippen LogP contribution in [0, 0.1) is 6.92 Å². The lowest BCUT2D eigenvalue weighted by Crippen LogP contribution is -2.27. The third kappa shape index (κ3) is 3.50. The quantitative estimate of drug-likeness (QED) is 0.839. The van der Waals surface area contributed by atoms with E-state index >= 15 is 0 Å². The first-order valence-electron chi connectivity index (χ1n) is 5.01. The average Bonchev–Trinajstić information content (AvgIpc) is 2.44. The van der Waals surface area contributed by atoms with Crippen LogP contribution in [-0.2, 0) is 11.3 Å². The molecule has 0 aliphatic carbocycles. The van der Waals surface area contributed by atoms with Gasteiger partial charge in [0.1, 0.15) is 5.60 Å². The van der Waals surface area contributed by atoms with Crippen molar-refractivity contribution in [1.29, 1.82) is 0 Å². The Kier molecular flexibility index (Phi) is 3.93. The van der Waals surface area contributed by atoms with Gasteiger partial charge >= 0.3 is 6.09 Å². The first-order chi connectivity index (χ1) is 7.33. The van der Waals surface area contributed by atoms with Gasteiger partial charge in [0.15, 0.2) is 0 Å². The van der Waals surface area contributed by atoms with Crippen molar-refractivity contribution in [2.45, 2.75) is 39.9 Å². The van der Waals surface area contributed by atoms with Gasteiger partial charge in [-0.2, -0.15) is 0 Å². The number of aliphatic hydroxyl groups excluding tert-OH is 1. The lowest BCUT2D eigenvalue weighted by Gasteiger charge is -2.20. The molecule has 1 heterocycles. The Morgan fingerprint density at radius 1 is 1.56 bits per heavy atom. The molecule has 4 nitrogen and oxygen atoms in total. The predicted octanol–water partition coefficient (Wildman–Crippen LogP) is 2.90. The van der Waals surface area contributed by atoms with E-state index < -0.39 is 11.7 Å². The molecule has 5 heteroatoms. The number of rotatable bonds is 2. The van der Waals surface area contributed by atoms with E-state index in [9.17, 15) is 4.79 Å². The van der Waals surface area contributed by atoms with E-state index in [-0.39, 0.29) is 6.61 Å². The molecule has 0 saturated heterocycles. The van der Waals surface area contributed by atoms with Crippen LogP contribution in [-0.4, -0.2) is 16.8 Å². The van der Waals surface area contributed by atoms with E-state index in [4.69, 9.17) is 9.84 Å². The maximum absolute atomic E-state index is 11.5. The van der Waals surface area contributed by atoms with Crippen LogP contribution in [0.25, 0.3) is 0 Å². The molecule has 0 unspecified atom stereocenters. The maximum atomic E-state index is 11.5. The van der Waals surface area contributed by atoms with Gasteiger partial charge < -0.3 is 9.84 Å². The molecular weight excluding hydrogens is 226 g/mol. The van der Waals surface area contributed by atoms with Gasteiger partial charge in [0.05, 0.1) is 12.3 Å². The summed E-state index contributed by atoms with van der Waals surface area (Å²) in [5.74, 6) is 0. The largest absolute Gasteiger partial charge is 0.444 e. The molecule has 0 spiro atoms. The summed E-state index contributed by atoms with van der Waals surface area (Å²) < 4.78 is 5.14. The van der Waals surface area contributed by atoms with Crippen molar-refractivity contribution in [3.05, 3.63) is 15.8 Å². The van der Waals surface area contributed by atoms with Gasteiger partial charge in [-0.05, 0) is 33.1 Å². The monoisotopic (exact) mass is 243 g/mol. The van der Waals surface area contributed by atoms with Crippen LogP contribution in [0.5, 0.6) is 0 Å². The molecule has 1 aromatic heterocycles. The maximum Gasteiger partial charge on any atom is 0.412 e. The third-order valence-electron chi connectivity index (χ3n) is 1.85. The van der Waals surface area contributed by atoms with E-state index in [2.05, 4.69) is 5.32 Å². The Hall–Kier alpha value is -1.07. The fourth-order valence-corrected chi connectivity index (χ4v) is 2.01. The molecular formula is C11H17NO3S. The van der Waals surface area contributed by atoms with E-state index in [1.165, 1.54) is 11.3 Å². The molecule has 2 N–H and O–H groups in total. The number of aryl methyl sites for hydroxylation is 1. The van der Waals surface area contributed by atoms with E-state index in [1.807, 2.05) is 12.3 Å². The normalized spacial score (nSPS) is 11.3. The number of hydrogen-bond donors (Lipinski definition) is 2. The van der Waals surface area contributed by atoms with Crippen molar-refractivity contribution in [1.82, 2.24) is 0 Å². The Labute approximate surface area is 99.2 Å². The number of aliphatic hydroxyl groups is 1. The van der Waals surface area contributed by atoms with Crippen molar-refractivity contribution in [2.24, 2.45) is 0 Å². The molecule has 1 amide bonds. The van der Waals surface area contributed by atoms with Gasteiger partial charge in [0.25, 0.3) is 0 Å². The minimum Gasteiger partial charge on any atom is -0.444 e. The van der Waals surface area contributed by atoms with Crippen molar-refractivity contribution >= 4 is 23.1 Å². The SMILES string of the molecule is Cc1scc(CO)c1NC(=O)OC(C)(C)C. The fourth-order valence-electron chi connectivity index (χ4n) is 1.19. The molecule has 1 aromatic rings. The van der Waals surface area contributed by atoms with Crippen LogP contribution in [0.4, 0.5) is 10.5 Å². The number of nitrogens with one attached hydrogen (secondary N) is 1. The highest BCUT2D eigenvalue weighted by Crippen LogP contribution is 2.27. The molecule has 90 valence electrons. The molecule has 0 atom stereocenters. The third-order valence-corrected chi connectivity index (χ3v) is 2.81. The number of carbonyl (C=O) groups is 1. The van der Waals surface area contributed by atoms with Crippen molar-refractivity contribution < 1.29 is 14.6 Å².